The Morgan fingerprint density at radius 3 is 2.94 bits per heavy atom. The number of likely N-dealkylation sites (N-methyl/N-ethyl adjacent to an activating group) is 1. The first-order valence-corrected chi connectivity index (χ1v) is 12.0. The standard InChI is InChI=1S/C24H32FN7O2/c1-30-20-6-10-31(11-7-25)14-17(20)12-19(23(30)34)28-24-27-13-16-5-8-26-22(21(16)29-24)32-9-3-2-4-18(32)15-33/h5,8,12-13,18,23,33-34H,2-4,6-7,9-11,14-15H2,1H3,(H,27,28,29). The highest BCUT2D eigenvalue weighted by Gasteiger charge is 2.30. The molecule has 0 saturated carbocycles. The van der Waals surface area contributed by atoms with Gasteiger partial charge in [0.15, 0.2) is 12.0 Å². The number of nitrogens with one attached hydrogen (secondary N) is 1. The maximum Gasteiger partial charge on any atom is 0.227 e. The van der Waals surface area contributed by atoms with Crippen LogP contribution < -0.4 is 10.2 Å². The molecule has 0 radical (unpaired) electrons. The minimum atomic E-state index is -0.847. The van der Waals surface area contributed by atoms with Gasteiger partial charge in [0.05, 0.1) is 18.3 Å². The van der Waals surface area contributed by atoms with E-state index in [1.165, 1.54) is 0 Å². The Hall–Kier alpha value is -2.82. The van der Waals surface area contributed by atoms with Crippen LogP contribution in [-0.4, -0.2) is 93.7 Å². The molecule has 2 unspecified atom stereocenters. The van der Waals surface area contributed by atoms with Gasteiger partial charge in [-0.05, 0) is 37.0 Å². The van der Waals surface area contributed by atoms with Crippen molar-refractivity contribution in [2.75, 3.05) is 56.7 Å². The van der Waals surface area contributed by atoms with Crippen LogP contribution in [0.3, 0.4) is 0 Å². The molecule has 9 nitrogen and oxygen atoms in total. The smallest absolute Gasteiger partial charge is 0.227 e. The van der Waals surface area contributed by atoms with Crippen LogP contribution in [-0.2, 0) is 0 Å². The first kappa shape index (κ1) is 22.9. The number of pyridine rings is 1. The van der Waals surface area contributed by atoms with Crippen LogP contribution in [0.4, 0.5) is 16.2 Å². The lowest BCUT2D eigenvalue weighted by Crippen LogP contribution is -2.44. The number of hydrogen-bond donors (Lipinski definition) is 3. The molecule has 10 heteroatoms. The molecular weight excluding hydrogens is 437 g/mol. The average Bonchev–Trinajstić information content (AvgIpc) is 2.87. The largest absolute Gasteiger partial charge is 0.394 e. The van der Waals surface area contributed by atoms with Crippen LogP contribution in [0.15, 0.2) is 41.5 Å². The van der Waals surface area contributed by atoms with Gasteiger partial charge in [0.25, 0.3) is 0 Å². The summed E-state index contributed by atoms with van der Waals surface area (Å²) < 4.78 is 12.9. The van der Waals surface area contributed by atoms with Crippen LogP contribution in [0.5, 0.6) is 0 Å². The molecule has 5 rings (SSSR count). The van der Waals surface area contributed by atoms with Crippen LogP contribution in [0.1, 0.15) is 25.7 Å². The van der Waals surface area contributed by atoms with Crippen molar-refractivity contribution >= 4 is 22.7 Å². The van der Waals surface area contributed by atoms with E-state index in [1.807, 2.05) is 24.1 Å². The summed E-state index contributed by atoms with van der Waals surface area (Å²) in [5.41, 5.74) is 3.45. The third-order valence-corrected chi connectivity index (χ3v) is 7.08. The van der Waals surface area contributed by atoms with E-state index in [0.717, 1.165) is 61.2 Å². The third kappa shape index (κ3) is 4.33. The number of nitrogens with zero attached hydrogens (tertiary/aromatic N) is 6. The number of alkyl halides is 1. The Morgan fingerprint density at radius 2 is 2.12 bits per heavy atom. The summed E-state index contributed by atoms with van der Waals surface area (Å²) >= 11 is 0. The number of anilines is 2. The number of aromatic nitrogens is 3. The highest BCUT2D eigenvalue weighted by Crippen LogP contribution is 2.32. The Kier molecular flexibility index (Phi) is 6.62. The SMILES string of the molecule is CN1C2=C(C=C(Nc3ncc4ccnc(N5CCCCC5CO)c4n3)C1O)CN(CCF)CC2. The van der Waals surface area contributed by atoms with Gasteiger partial charge in [-0.15, -0.1) is 0 Å². The van der Waals surface area contributed by atoms with Crippen molar-refractivity contribution in [1.82, 2.24) is 24.8 Å². The Labute approximate surface area is 198 Å². The van der Waals surface area contributed by atoms with Crippen LogP contribution >= 0.6 is 0 Å². The van der Waals surface area contributed by atoms with E-state index in [1.54, 1.807) is 12.4 Å². The fourth-order valence-electron chi connectivity index (χ4n) is 5.21. The summed E-state index contributed by atoms with van der Waals surface area (Å²) in [5, 5.41) is 24.9. The van der Waals surface area contributed by atoms with Gasteiger partial charge in [-0.2, -0.15) is 0 Å². The summed E-state index contributed by atoms with van der Waals surface area (Å²) in [5.74, 6) is 1.12. The fraction of sp³-hybridized carbons (Fsp3) is 0.542. The molecule has 2 atom stereocenters. The van der Waals surface area contributed by atoms with E-state index in [2.05, 4.69) is 25.1 Å². The highest BCUT2D eigenvalue weighted by molar-refractivity contribution is 5.89. The first-order valence-electron chi connectivity index (χ1n) is 12.0. The maximum absolute atomic E-state index is 12.9. The molecular formula is C24H32FN7O2. The molecule has 2 aromatic rings. The predicted octanol–water partition coefficient (Wildman–Crippen LogP) is 1.86. The average molecular weight is 470 g/mol. The molecule has 3 N–H and O–H groups in total. The summed E-state index contributed by atoms with van der Waals surface area (Å²) in [6, 6.07) is 1.90. The molecule has 3 aliphatic rings. The first-order chi connectivity index (χ1) is 16.6. The molecule has 1 fully saturated rings. The molecule has 1 saturated heterocycles. The summed E-state index contributed by atoms with van der Waals surface area (Å²) in [4.78, 5) is 19.9. The zero-order chi connectivity index (χ0) is 23.7. The topological polar surface area (TPSA) is 101 Å². The van der Waals surface area contributed by atoms with E-state index >= 15 is 0 Å². The molecule has 0 bridgehead atoms. The second-order valence-corrected chi connectivity index (χ2v) is 9.19. The van der Waals surface area contributed by atoms with Crippen molar-refractivity contribution in [3.8, 4) is 0 Å². The van der Waals surface area contributed by atoms with Gasteiger partial charge >= 0.3 is 0 Å². The molecule has 0 spiro atoms. The van der Waals surface area contributed by atoms with E-state index in [0.29, 0.717) is 30.3 Å². The molecule has 0 amide bonds. The van der Waals surface area contributed by atoms with Gasteiger partial charge in [0.1, 0.15) is 12.2 Å². The summed E-state index contributed by atoms with van der Waals surface area (Å²) in [6.07, 6.45) is 8.43. The second kappa shape index (κ2) is 9.81. The van der Waals surface area contributed by atoms with Crippen LogP contribution in [0.2, 0.25) is 0 Å². The Bertz CT molecular complexity index is 1110. The molecule has 5 heterocycles. The monoisotopic (exact) mass is 469 g/mol. The zero-order valence-corrected chi connectivity index (χ0v) is 19.5. The Balaban J connectivity index is 1.45. The number of rotatable bonds is 6. The molecule has 182 valence electrons. The van der Waals surface area contributed by atoms with Crippen molar-refractivity contribution in [2.45, 2.75) is 38.0 Å². The van der Waals surface area contributed by atoms with Gasteiger partial charge < -0.3 is 25.3 Å². The lowest BCUT2D eigenvalue weighted by Gasteiger charge is -2.40. The number of aliphatic hydroxyl groups is 2. The van der Waals surface area contributed by atoms with Crippen molar-refractivity contribution in [3.05, 3.63) is 41.5 Å². The second-order valence-electron chi connectivity index (χ2n) is 9.19. The van der Waals surface area contributed by atoms with Gasteiger partial charge in [0.2, 0.25) is 5.95 Å². The maximum atomic E-state index is 12.9. The van der Waals surface area contributed by atoms with Crippen molar-refractivity contribution < 1.29 is 14.6 Å². The minimum absolute atomic E-state index is 0.0266. The third-order valence-electron chi connectivity index (χ3n) is 7.08. The minimum Gasteiger partial charge on any atom is -0.394 e. The van der Waals surface area contributed by atoms with Gasteiger partial charge in [-0.25, -0.2) is 19.3 Å². The van der Waals surface area contributed by atoms with E-state index in [-0.39, 0.29) is 19.3 Å². The van der Waals surface area contributed by atoms with Crippen LogP contribution in [0, 0.1) is 0 Å². The number of piperidine rings is 1. The molecule has 34 heavy (non-hydrogen) atoms. The van der Waals surface area contributed by atoms with Crippen molar-refractivity contribution in [1.29, 1.82) is 0 Å². The molecule has 2 aromatic heterocycles. The summed E-state index contributed by atoms with van der Waals surface area (Å²) in [6.45, 7) is 2.37. The van der Waals surface area contributed by atoms with E-state index < -0.39 is 6.23 Å². The van der Waals surface area contributed by atoms with Gasteiger partial charge in [0, 0.05) is 63.1 Å². The van der Waals surface area contributed by atoms with Crippen molar-refractivity contribution in [2.24, 2.45) is 0 Å². The predicted molar refractivity (Wildman–Crippen MR) is 129 cm³/mol. The van der Waals surface area contributed by atoms with E-state index in [9.17, 15) is 14.6 Å². The lowest BCUT2D eigenvalue weighted by atomic mass is 9.99. The Morgan fingerprint density at radius 1 is 1.24 bits per heavy atom. The highest BCUT2D eigenvalue weighted by atomic mass is 19.1. The van der Waals surface area contributed by atoms with E-state index in [4.69, 9.17) is 4.98 Å². The molecule has 0 aliphatic carbocycles. The quantitative estimate of drug-likeness (QED) is 0.585. The number of hydrogen-bond acceptors (Lipinski definition) is 9. The molecule has 0 aromatic carbocycles. The van der Waals surface area contributed by atoms with Gasteiger partial charge in [-0.3, -0.25) is 4.90 Å². The normalized spacial score (nSPS) is 23.8. The van der Waals surface area contributed by atoms with Gasteiger partial charge in [-0.1, -0.05) is 0 Å². The van der Waals surface area contributed by atoms with Crippen LogP contribution in [0.25, 0.3) is 10.9 Å². The van der Waals surface area contributed by atoms with Crippen molar-refractivity contribution in [3.63, 3.8) is 0 Å². The lowest BCUT2D eigenvalue weighted by molar-refractivity contribution is 0.0670. The fourth-order valence-corrected chi connectivity index (χ4v) is 5.21. The number of fused-ring (bicyclic) bond motifs is 1. The zero-order valence-electron chi connectivity index (χ0n) is 19.5. The summed E-state index contributed by atoms with van der Waals surface area (Å²) in [7, 11) is 1.87. The number of halogens is 1. The molecule has 3 aliphatic heterocycles. The number of aliphatic hydroxyl groups excluding tert-OH is 2.